The highest BCUT2D eigenvalue weighted by atomic mass is 35.5. The molecule has 2 aliphatic rings. The molecule has 1 atom stereocenters. The molecule has 7 heteroatoms. The fourth-order valence-corrected chi connectivity index (χ4v) is 3.69. The van der Waals surface area contributed by atoms with Crippen molar-refractivity contribution in [2.45, 2.75) is 57.6 Å². The van der Waals surface area contributed by atoms with Gasteiger partial charge in [-0.3, -0.25) is 9.59 Å². The standard InChI is InChI=1S/C20H27ClN2O4/c1-13(22-20(25)14-8-10-26-11-9-14)19(24)23-15-6-7-18(17(21)12-15)27-16-4-2-3-5-16/h6-7,12-14,16H,2-5,8-11H2,1H3,(H,22,25)(H,23,24). The Balaban J connectivity index is 1.51. The predicted octanol–water partition coefficient (Wildman–Crippen LogP) is 3.53. The zero-order valence-electron chi connectivity index (χ0n) is 15.6. The summed E-state index contributed by atoms with van der Waals surface area (Å²) in [5.41, 5.74) is 0.580. The third kappa shape index (κ3) is 5.59. The first-order valence-electron chi connectivity index (χ1n) is 9.68. The molecule has 0 radical (unpaired) electrons. The van der Waals surface area contributed by atoms with Crippen LogP contribution in [0.1, 0.15) is 45.4 Å². The number of anilines is 1. The monoisotopic (exact) mass is 394 g/mol. The Morgan fingerprint density at radius 1 is 1.19 bits per heavy atom. The van der Waals surface area contributed by atoms with Crippen molar-refractivity contribution >= 4 is 29.1 Å². The predicted molar refractivity (Wildman–Crippen MR) is 104 cm³/mol. The molecule has 1 saturated heterocycles. The number of carbonyl (C=O) groups excluding carboxylic acids is 2. The van der Waals surface area contributed by atoms with E-state index in [9.17, 15) is 9.59 Å². The zero-order valence-corrected chi connectivity index (χ0v) is 16.4. The molecule has 1 aliphatic heterocycles. The van der Waals surface area contributed by atoms with Gasteiger partial charge >= 0.3 is 0 Å². The molecule has 2 fully saturated rings. The van der Waals surface area contributed by atoms with E-state index >= 15 is 0 Å². The van der Waals surface area contributed by atoms with Crippen LogP contribution >= 0.6 is 11.6 Å². The second kappa shape index (κ2) is 9.42. The summed E-state index contributed by atoms with van der Waals surface area (Å²) in [7, 11) is 0. The largest absolute Gasteiger partial charge is 0.489 e. The van der Waals surface area contributed by atoms with Crippen molar-refractivity contribution in [3.8, 4) is 5.75 Å². The van der Waals surface area contributed by atoms with Crippen LogP contribution in [0.5, 0.6) is 5.75 Å². The van der Waals surface area contributed by atoms with Gasteiger partial charge in [-0.15, -0.1) is 0 Å². The van der Waals surface area contributed by atoms with Crippen molar-refractivity contribution in [1.29, 1.82) is 0 Å². The number of benzene rings is 1. The molecule has 0 aromatic heterocycles. The number of ether oxygens (including phenoxy) is 2. The van der Waals surface area contributed by atoms with Gasteiger partial charge in [0.2, 0.25) is 11.8 Å². The van der Waals surface area contributed by atoms with Gasteiger partial charge in [0.05, 0.1) is 11.1 Å². The number of nitrogens with one attached hydrogen (secondary N) is 2. The Kier molecular flexibility index (Phi) is 6.96. The van der Waals surface area contributed by atoms with E-state index in [1.807, 2.05) is 0 Å². The van der Waals surface area contributed by atoms with Gasteiger partial charge in [0.15, 0.2) is 0 Å². The third-order valence-corrected chi connectivity index (χ3v) is 5.43. The van der Waals surface area contributed by atoms with Crippen LogP contribution in [0.15, 0.2) is 18.2 Å². The SMILES string of the molecule is CC(NC(=O)C1CCOCC1)C(=O)Nc1ccc(OC2CCCC2)c(Cl)c1. The van der Waals surface area contributed by atoms with Crippen LogP contribution in [0.3, 0.4) is 0 Å². The van der Waals surface area contributed by atoms with Crippen LogP contribution in [0, 0.1) is 5.92 Å². The molecule has 27 heavy (non-hydrogen) atoms. The maximum Gasteiger partial charge on any atom is 0.246 e. The van der Waals surface area contributed by atoms with Crippen molar-refractivity contribution in [2.75, 3.05) is 18.5 Å². The van der Waals surface area contributed by atoms with Crippen LogP contribution in [0.4, 0.5) is 5.69 Å². The summed E-state index contributed by atoms with van der Waals surface area (Å²) in [5, 5.41) is 6.04. The average molecular weight is 395 g/mol. The van der Waals surface area contributed by atoms with E-state index in [0.717, 1.165) is 12.8 Å². The molecular formula is C20H27ClN2O4. The molecule has 1 unspecified atom stereocenters. The highest BCUT2D eigenvalue weighted by Gasteiger charge is 2.25. The fraction of sp³-hybridized carbons (Fsp3) is 0.600. The number of hydrogen-bond acceptors (Lipinski definition) is 4. The summed E-state index contributed by atoms with van der Waals surface area (Å²) in [5.74, 6) is 0.174. The summed E-state index contributed by atoms with van der Waals surface area (Å²) >= 11 is 6.30. The lowest BCUT2D eigenvalue weighted by molar-refractivity contribution is -0.131. The summed E-state index contributed by atoms with van der Waals surface area (Å²) in [6.07, 6.45) is 6.10. The van der Waals surface area contributed by atoms with Gasteiger partial charge in [-0.25, -0.2) is 0 Å². The normalized spacial score (nSPS) is 19.5. The molecule has 0 spiro atoms. The minimum atomic E-state index is -0.631. The lowest BCUT2D eigenvalue weighted by Crippen LogP contribution is -2.45. The molecule has 1 aromatic carbocycles. The van der Waals surface area contributed by atoms with E-state index in [2.05, 4.69) is 10.6 Å². The number of amides is 2. The summed E-state index contributed by atoms with van der Waals surface area (Å²) in [6, 6.07) is 4.59. The van der Waals surface area contributed by atoms with Crippen molar-refractivity contribution in [3.63, 3.8) is 0 Å². The molecule has 2 N–H and O–H groups in total. The second-order valence-corrected chi connectivity index (χ2v) is 7.68. The van der Waals surface area contributed by atoms with Gasteiger partial charge in [-0.05, 0) is 63.6 Å². The van der Waals surface area contributed by atoms with E-state index < -0.39 is 6.04 Å². The Morgan fingerprint density at radius 3 is 2.56 bits per heavy atom. The van der Waals surface area contributed by atoms with E-state index in [1.54, 1.807) is 25.1 Å². The molecule has 148 valence electrons. The lowest BCUT2D eigenvalue weighted by atomic mass is 9.99. The van der Waals surface area contributed by atoms with Crippen LogP contribution in [0.2, 0.25) is 5.02 Å². The molecule has 1 aromatic rings. The van der Waals surface area contributed by atoms with Crippen molar-refractivity contribution in [2.24, 2.45) is 5.92 Å². The molecule has 3 rings (SSSR count). The van der Waals surface area contributed by atoms with Crippen molar-refractivity contribution in [3.05, 3.63) is 23.2 Å². The summed E-state index contributed by atoms with van der Waals surface area (Å²) < 4.78 is 11.2. The second-order valence-electron chi connectivity index (χ2n) is 7.28. The molecule has 6 nitrogen and oxygen atoms in total. The molecular weight excluding hydrogens is 368 g/mol. The van der Waals surface area contributed by atoms with E-state index in [4.69, 9.17) is 21.1 Å². The molecule has 1 aliphatic carbocycles. The van der Waals surface area contributed by atoms with Gasteiger partial charge in [-0.2, -0.15) is 0 Å². The van der Waals surface area contributed by atoms with Gasteiger partial charge in [0, 0.05) is 24.8 Å². The Morgan fingerprint density at radius 2 is 1.89 bits per heavy atom. The van der Waals surface area contributed by atoms with Crippen LogP contribution in [0.25, 0.3) is 0 Å². The lowest BCUT2D eigenvalue weighted by Gasteiger charge is -2.23. The first-order chi connectivity index (χ1) is 13.0. The van der Waals surface area contributed by atoms with Crippen molar-refractivity contribution < 1.29 is 19.1 Å². The fourth-order valence-electron chi connectivity index (χ4n) is 3.47. The number of rotatable bonds is 6. The van der Waals surface area contributed by atoms with Gasteiger partial charge in [0.25, 0.3) is 0 Å². The molecule has 0 bridgehead atoms. The maximum absolute atomic E-state index is 12.4. The van der Waals surface area contributed by atoms with E-state index in [1.165, 1.54) is 12.8 Å². The van der Waals surface area contributed by atoms with Gasteiger partial charge < -0.3 is 20.1 Å². The van der Waals surface area contributed by atoms with E-state index in [0.29, 0.717) is 42.5 Å². The van der Waals surface area contributed by atoms with Crippen LogP contribution in [-0.4, -0.2) is 37.2 Å². The topological polar surface area (TPSA) is 76.7 Å². The highest BCUT2D eigenvalue weighted by molar-refractivity contribution is 6.32. The number of halogens is 1. The first kappa shape index (κ1) is 20.0. The first-order valence-corrected chi connectivity index (χ1v) is 10.1. The van der Waals surface area contributed by atoms with E-state index in [-0.39, 0.29) is 23.8 Å². The highest BCUT2D eigenvalue weighted by Crippen LogP contribution is 2.31. The smallest absolute Gasteiger partial charge is 0.246 e. The van der Waals surface area contributed by atoms with Crippen molar-refractivity contribution in [1.82, 2.24) is 5.32 Å². The molecule has 1 heterocycles. The number of carbonyl (C=O) groups is 2. The average Bonchev–Trinajstić information content (AvgIpc) is 3.17. The Bertz CT molecular complexity index is 670. The molecule has 2 amide bonds. The zero-order chi connectivity index (χ0) is 19.2. The summed E-state index contributed by atoms with van der Waals surface area (Å²) in [4.78, 5) is 24.6. The molecule has 1 saturated carbocycles. The van der Waals surface area contributed by atoms with Crippen LogP contribution < -0.4 is 15.4 Å². The van der Waals surface area contributed by atoms with Gasteiger partial charge in [-0.1, -0.05) is 11.6 Å². The Labute approximate surface area is 164 Å². The maximum atomic E-state index is 12.4. The number of hydrogen-bond donors (Lipinski definition) is 2. The minimum Gasteiger partial charge on any atom is -0.489 e. The summed E-state index contributed by atoms with van der Waals surface area (Å²) in [6.45, 7) is 2.85. The van der Waals surface area contributed by atoms with Crippen LogP contribution in [-0.2, 0) is 14.3 Å². The quantitative estimate of drug-likeness (QED) is 0.773. The van der Waals surface area contributed by atoms with Gasteiger partial charge in [0.1, 0.15) is 11.8 Å². The Hall–Kier alpha value is -1.79. The minimum absolute atomic E-state index is 0.0875. The third-order valence-electron chi connectivity index (χ3n) is 5.14.